The van der Waals surface area contributed by atoms with Crippen molar-refractivity contribution in [2.45, 2.75) is 37.6 Å². The van der Waals surface area contributed by atoms with Gasteiger partial charge in [0.2, 0.25) is 5.16 Å². The van der Waals surface area contributed by atoms with E-state index in [0.29, 0.717) is 50.0 Å². The first-order chi connectivity index (χ1) is 22.5. The second-order valence-corrected chi connectivity index (χ2v) is 12.5. The fourth-order valence-electron chi connectivity index (χ4n) is 5.26. The van der Waals surface area contributed by atoms with Crippen LogP contribution < -0.4 is 15.5 Å². The van der Waals surface area contributed by atoms with Gasteiger partial charge in [0, 0.05) is 45.3 Å². The maximum absolute atomic E-state index is 14.0. The first-order valence-electron chi connectivity index (χ1n) is 15.4. The van der Waals surface area contributed by atoms with Crippen LogP contribution in [0.3, 0.4) is 0 Å². The second kappa shape index (κ2) is 15.4. The summed E-state index contributed by atoms with van der Waals surface area (Å²) in [6, 6.07) is 5.26. The molecule has 18 heteroatoms. The summed E-state index contributed by atoms with van der Waals surface area (Å²) in [6.45, 7) is 10.3. The largest absolute Gasteiger partial charge is 0.435 e. The van der Waals surface area contributed by atoms with Gasteiger partial charge >= 0.3 is 6.18 Å². The lowest BCUT2D eigenvalue weighted by molar-refractivity contribution is -0.142. The predicted molar refractivity (Wildman–Crippen MR) is 169 cm³/mol. The minimum absolute atomic E-state index is 0.0973. The van der Waals surface area contributed by atoms with Gasteiger partial charge in [0.25, 0.3) is 11.8 Å². The van der Waals surface area contributed by atoms with Crippen LogP contribution in [-0.2, 0) is 10.9 Å². The molecular weight excluding hydrogens is 639 g/mol. The third-order valence-electron chi connectivity index (χ3n) is 7.98. The molecule has 1 aromatic carbocycles. The number of morpholine rings is 1. The molecule has 2 N–H and O–H groups in total. The Morgan fingerprint density at radius 1 is 1.09 bits per heavy atom. The molecule has 0 radical (unpaired) electrons. The zero-order valence-corrected chi connectivity index (χ0v) is 27.3. The topological polar surface area (TPSA) is 147 Å². The fraction of sp³-hybridized carbons (Fsp3) is 0.552. The molecule has 47 heavy (non-hydrogen) atoms. The number of anilines is 2. The number of thioether (sulfide) groups is 1. The van der Waals surface area contributed by atoms with Gasteiger partial charge in [-0.05, 0) is 50.9 Å². The smallest absolute Gasteiger partial charge is 0.379 e. The quantitative estimate of drug-likeness (QED) is 0.227. The number of nitrogens with one attached hydrogen (secondary N) is 2. The van der Waals surface area contributed by atoms with Crippen LogP contribution >= 0.6 is 11.8 Å². The summed E-state index contributed by atoms with van der Waals surface area (Å²) in [5.74, 6) is -1.06. The normalized spacial score (nSPS) is 17.9. The Kier molecular flexibility index (Phi) is 11.3. The van der Waals surface area contributed by atoms with Crippen molar-refractivity contribution in [2.24, 2.45) is 0 Å². The summed E-state index contributed by atoms with van der Waals surface area (Å²) in [7, 11) is 2.02. The van der Waals surface area contributed by atoms with Crippen molar-refractivity contribution in [3.8, 4) is 5.69 Å². The zero-order valence-electron chi connectivity index (χ0n) is 26.5. The van der Waals surface area contributed by atoms with Crippen molar-refractivity contribution in [2.75, 3.05) is 82.0 Å². The number of likely N-dealkylation sites (N-methyl/N-ethyl adjacent to an activating group) is 1. The minimum Gasteiger partial charge on any atom is -0.379 e. The number of benzene rings is 1. The number of rotatable bonds is 11. The summed E-state index contributed by atoms with van der Waals surface area (Å²) >= 11 is 0.989. The Bertz CT molecular complexity index is 1550. The molecule has 4 heterocycles. The minimum atomic E-state index is -4.93. The van der Waals surface area contributed by atoms with Gasteiger partial charge in [-0.15, -0.1) is 15.3 Å². The summed E-state index contributed by atoms with van der Waals surface area (Å²) in [5, 5.41) is 20.8. The number of carbonyl (C=O) groups excluding carboxylic acids is 2. The van der Waals surface area contributed by atoms with Gasteiger partial charge in [-0.25, -0.2) is 9.67 Å². The van der Waals surface area contributed by atoms with E-state index in [0.717, 1.165) is 44.4 Å². The van der Waals surface area contributed by atoms with E-state index in [-0.39, 0.29) is 28.5 Å². The third kappa shape index (κ3) is 8.74. The Labute approximate surface area is 274 Å². The van der Waals surface area contributed by atoms with E-state index in [1.54, 1.807) is 25.1 Å². The number of nitrogens with zero attached hydrogens (tertiary/aromatic N) is 9. The van der Waals surface area contributed by atoms with Crippen LogP contribution in [-0.4, -0.2) is 130 Å². The molecule has 0 saturated carbocycles. The van der Waals surface area contributed by atoms with Crippen molar-refractivity contribution in [3.63, 3.8) is 0 Å². The van der Waals surface area contributed by atoms with E-state index in [9.17, 15) is 22.8 Å². The number of halogens is 3. The Hall–Kier alpha value is -3.87. The number of ether oxygens (including phenoxy) is 1. The first-order valence-corrected chi connectivity index (χ1v) is 16.4. The monoisotopic (exact) mass is 677 g/mol. The number of amides is 2. The van der Waals surface area contributed by atoms with E-state index in [1.807, 2.05) is 7.05 Å². The number of hydrogen-bond acceptors (Lipinski definition) is 12. The van der Waals surface area contributed by atoms with E-state index in [2.05, 4.69) is 57.8 Å². The molecule has 0 bridgehead atoms. The van der Waals surface area contributed by atoms with Gasteiger partial charge in [0.05, 0.1) is 36.5 Å². The maximum Gasteiger partial charge on any atom is 0.435 e. The molecule has 5 rings (SSSR count). The number of aromatic nitrogens is 6. The molecule has 2 aliphatic rings. The summed E-state index contributed by atoms with van der Waals surface area (Å²) in [5.41, 5.74) is -0.984. The molecule has 0 unspecified atom stereocenters. The SMILES string of the molecule is CCSc1nnc(C(=O)Nc2cc(-n3cc(C(=O)NCCCN4CCOCC4)nn3)ccc2N2CCN(C)[C@H](C)C2)c(C(F)(F)F)n1. The van der Waals surface area contributed by atoms with Crippen LogP contribution in [0.4, 0.5) is 24.5 Å². The van der Waals surface area contributed by atoms with E-state index >= 15 is 0 Å². The molecule has 2 saturated heterocycles. The number of piperazine rings is 1. The predicted octanol–water partition coefficient (Wildman–Crippen LogP) is 2.43. The van der Waals surface area contributed by atoms with Crippen LogP contribution in [0.15, 0.2) is 29.6 Å². The van der Waals surface area contributed by atoms with Crippen LogP contribution in [0.25, 0.3) is 5.69 Å². The standard InChI is InChI=1S/C29H38F3N11O3S/c1-4-47-28-35-25(29(30,31)32)24(37-38-28)27(45)34-21-16-20(6-7-23(21)42-11-10-40(3)19(2)17-42)43-18-22(36-39-43)26(44)33-8-5-9-41-12-14-46-15-13-41/h6-7,16,18-19H,4-5,8-15,17H2,1-3H3,(H,33,44)(H,34,45)/t19-/m1/s1. The first kappa shape index (κ1) is 34.5. The van der Waals surface area contributed by atoms with Crippen LogP contribution in [0, 0.1) is 0 Å². The van der Waals surface area contributed by atoms with E-state index < -0.39 is 23.5 Å². The molecule has 0 spiro atoms. The summed E-state index contributed by atoms with van der Waals surface area (Å²) in [6.07, 6.45) is -2.70. The molecule has 14 nitrogen and oxygen atoms in total. The van der Waals surface area contributed by atoms with Crippen LogP contribution in [0.2, 0.25) is 0 Å². The van der Waals surface area contributed by atoms with Crippen molar-refractivity contribution in [1.29, 1.82) is 0 Å². The molecular formula is C29H38F3N11O3S. The second-order valence-electron chi connectivity index (χ2n) is 11.3. The van der Waals surface area contributed by atoms with Crippen molar-refractivity contribution in [3.05, 3.63) is 41.5 Å². The highest BCUT2D eigenvalue weighted by molar-refractivity contribution is 7.99. The Morgan fingerprint density at radius 3 is 2.60 bits per heavy atom. The molecule has 254 valence electrons. The van der Waals surface area contributed by atoms with Gasteiger partial charge in [-0.3, -0.25) is 14.5 Å². The van der Waals surface area contributed by atoms with Gasteiger partial charge in [-0.2, -0.15) is 13.2 Å². The molecule has 2 fully saturated rings. The van der Waals surface area contributed by atoms with Crippen molar-refractivity contribution >= 4 is 35.0 Å². The maximum atomic E-state index is 14.0. The lowest BCUT2D eigenvalue weighted by Gasteiger charge is -2.39. The third-order valence-corrected chi connectivity index (χ3v) is 8.70. The zero-order chi connectivity index (χ0) is 33.6. The summed E-state index contributed by atoms with van der Waals surface area (Å²) < 4.78 is 48.6. The lowest BCUT2D eigenvalue weighted by Crippen LogP contribution is -2.50. The number of carbonyl (C=O) groups is 2. The summed E-state index contributed by atoms with van der Waals surface area (Å²) in [4.78, 5) is 36.3. The van der Waals surface area contributed by atoms with Gasteiger partial charge in [-0.1, -0.05) is 23.9 Å². The van der Waals surface area contributed by atoms with Crippen molar-refractivity contribution in [1.82, 2.24) is 45.3 Å². The highest BCUT2D eigenvalue weighted by atomic mass is 32.2. The average Bonchev–Trinajstić information content (AvgIpc) is 3.55. The average molecular weight is 678 g/mol. The molecule has 1 atom stereocenters. The van der Waals surface area contributed by atoms with Gasteiger partial charge in [0.15, 0.2) is 17.1 Å². The van der Waals surface area contributed by atoms with E-state index in [4.69, 9.17) is 4.74 Å². The van der Waals surface area contributed by atoms with Crippen LogP contribution in [0.5, 0.6) is 0 Å². The van der Waals surface area contributed by atoms with Crippen LogP contribution in [0.1, 0.15) is 46.9 Å². The number of hydrogen-bond donors (Lipinski definition) is 2. The van der Waals surface area contributed by atoms with E-state index in [1.165, 1.54) is 10.9 Å². The Balaban J connectivity index is 1.36. The molecule has 2 aromatic heterocycles. The molecule has 2 aliphatic heterocycles. The van der Waals surface area contributed by atoms with Crippen molar-refractivity contribution < 1.29 is 27.5 Å². The molecule has 0 aliphatic carbocycles. The van der Waals surface area contributed by atoms with Gasteiger partial charge < -0.3 is 25.2 Å². The highest BCUT2D eigenvalue weighted by Gasteiger charge is 2.39. The highest BCUT2D eigenvalue weighted by Crippen LogP contribution is 2.33. The Morgan fingerprint density at radius 2 is 1.87 bits per heavy atom. The van der Waals surface area contributed by atoms with Gasteiger partial charge in [0.1, 0.15) is 0 Å². The number of alkyl halides is 3. The molecule has 3 aromatic rings. The lowest BCUT2D eigenvalue weighted by atomic mass is 10.1. The fourth-order valence-corrected chi connectivity index (χ4v) is 5.77. The molecule has 2 amide bonds.